The number of hydrogen-bond donors (Lipinski definition) is 0. The van der Waals surface area contributed by atoms with Crippen molar-refractivity contribution in [1.29, 1.82) is 0 Å². The van der Waals surface area contributed by atoms with Crippen LogP contribution in [0.15, 0.2) is 48.5 Å². The molecule has 6 heteroatoms. The fraction of sp³-hybridized carbons (Fsp3) is 0.400. The molecule has 2 aliphatic heterocycles. The van der Waals surface area contributed by atoms with Crippen LogP contribution in [0.2, 0.25) is 0 Å². The molecule has 4 rings (SSSR count). The Labute approximate surface area is 165 Å². The van der Waals surface area contributed by atoms with Crippen LogP contribution in [0.25, 0.3) is 0 Å². The van der Waals surface area contributed by atoms with E-state index in [1.807, 2.05) is 13.8 Å². The Bertz CT molecular complexity index is 702. The first-order chi connectivity index (χ1) is 12.6. The normalized spacial score (nSPS) is 21.2. The van der Waals surface area contributed by atoms with Gasteiger partial charge in [-0.25, -0.2) is 0 Å². The first-order valence-electron chi connectivity index (χ1n) is 8.70. The van der Waals surface area contributed by atoms with Crippen molar-refractivity contribution < 1.29 is 18.9 Å². The van der Waals surface area contributed by atoms with E-state index in [2.05, 4.69) is 48.5 Å². The Morgan fingerprint density at radius 2 is 0.962 bits per heavy atom. The summed E-state index contributed by atoms with van der Waals surface area (Å²) in [6.07, 6.45) is 0. The molecule has 0 saturated carbocycles. The fourth-order valence-electron chi connectivity index (χ4n) is 3.26. The maximum atomic E-state index is 5.89. The molecule has 0 bridgehead atoms. The SMILES string of the molecule is CC1(c2ccccc2[Se][Se]c2ccccc2C2(C)OCCO2)OCCO1. The van der Waals surface area contributed by atoms with E-state index >= 15 is 0 Å². The van der Waals surface area contributed by atoms with Crippen LogP contribution < -0.4 is 8.92 Å². The molecular formula is C20H22O4Se2. The van der Waals surface area contributed by atoms with Crippen LogP contribution in [-0.4, -0.2) is 52.7 Å². The van der Waals surface area contributed by atoms with Gasteiger partial charge in [-0.2, -0.15) is 0 Å². The number of benzene rings is 2. The van der Waals surface area contributed by atoms with Crippen molar-refractivity contribution in [2.24, 2.45) is 0 Å². The van der Waals surface area contributed by atoms with E-state index in [9.17, 15) is 0 Å². The van der Waals surface area contributed by atoms with Crippen LogP contribution in [0.4, 0.5) is 0 Å². The van der Waals surface area contributed by atoms with Gasteiger partial charge in [-0.3, -0.25) is 0 Å². The van der Waals surface area contributed by atoms with E-state index < -0.39 is 11.6 Å². The third-order valence-corrected chi connectivity index (χ3v) is 11.9. The molecule has 138 valence electrons. The summed E-state index contributed by atoms with van der Waals surface area (Å²) in [5.74, 6) is -1.23. The van der Waals surface area contributed by atoms with Gasteiger partial charge in [0.2, 0.25) is 0 Å². The maximum absolute atomic E-state index is 5.89. The van der Waals surface area contributed by atoms with Crippen molar-refractivity contribution in [2.75, 3.05) is 26.4 Å². The first-order valence-corrected chi connectivity index (χ1v) is 14.7. The Hall–Kier alpha value is -0.681. The molecule has 2 aromatic rings. The Morgan fingerprint density at radius 3 is 1.35 bits per heavy atom. The molecule has 2 saturated heterocycles. The average molecular weight is 484 g/mol. The molecule has 0 unspecified atom stereocenters. The van der Waals surface area contributed by atoms with Crippen molar-refractivity contribution in [1.82, 2.24) is 0 Å². The van der Waals surface area contributed by atoms with Gasteiger partial charge in [-0.1, -0.05) is 0 Å². The molecule has 2 aromatic carbocycles. The molecule has 0 atom stereocenters. The summed E-state index contributed by atoms with van der Waals surface area (Å²) in [6.45, 7) is 6.66. The van der Waals surface area contributed by atoms with Crippen LogP contribution in [0.5, 0.6) is 0 Å². The minimum atomic E-state index is -0.613. The quantitative estimate of drug-likeness (QED) is 0.602. The molecule has 2 aliphatic rings. The molecule has 0 amide bonds. The monoisotopic (exact) mass is 486 g/mol. The van der Waals surface area contributed by atoms with Gasteiger partial charge in [0.05, 0.1) is 0 Å². The first kappa shape index (κ1) is 18.7. The molecule has 26 heavy (non-hydrogen) atoms. The predicted molar refractivity (Wildman–Crippen MR) is 102 cm³/mol. The van der Waals surface area contributed by atoms with E-state index in [4.69, 9.17) is 18.9 Å². The zero-order valence-corrected chi connectivity index (χ0v) is 18.3. The van der Waals surface area contributed by atoms with Crippen LogP contribution in [0, 0.1) is 0 Å². The third-order valence-electron chi connectivity index (χ3n) is 4.65. The van der Waals surface area contributed by atoms with Crippen molar-refractivity contribution in [3.8, 4) is 0 Å². The average Bonchev–Trinajstić information content (AvgIpc) is 3.31. The van der Waals surface area contributed by atoms with Crippen LogP contribution >= 0.6 is 0 Å². The minimum absolute atomic E-state index is 0.312. The Morgan fingerprint density at radius 1 is 0.615 bits per heavy atom. The van der Waals surface area contributed by atoms with E-state index in [-0.39, 0.29) is 0 Å². The van der Waals surface area contributed by atoms with Crippen molar-refractivity contribution in [2.45, 2.75) is 25.4 Å². The summed E-state index contributed by atoms with van der Waals surface area (Å²) in [4.78, 5) is 0. The van der Waals surface area contributed by atoms with Gasteiger partial charge >= 0.3 is 166 Å². The van der Waals surface area contributed by atoms with Crippen molar-refractivity contribution >= 4 is 35.2 Å². The summed E-state index contributed by atoms with van der Waals surface area (Å²) < 4.78 is 26.3. The standard InChI is InChI=1S/C20H22O4Se2/c1-19(21-11-12-22-19)15-7-3-5-9-17(15)25-26-18-10-6-4-8-16(18)20(2)23-13-14-24-20/h3-10H,11-14H2,1-2H3. The molecule has 0 N–H and O–H groups in total. The molecular weight excluding hydrogens is 462 g/mol. The van der Waals surface area contributed by atoms with Gasteiger partial charge in [-0.05, 0) is 0 Å². The van der Waals surface area contributed by atoms with E-state index in [0.29, 0.717) is 52.7 Å². The van der Waals surface area contributed by atoms with Crippen LogP contribution in [0.1, 0.15) is 25.0 Å². The molecule has 0 aromatic heterocycles. The fourth-order valence-corrected chi connectivity index (χ4v) is 10.8. The topological polar surface area (TPSA) is 36.9 Å². The summed E-state index contributed by atoms with van der Waals surface area (Å²) in [5, 5.41) is 0. The summed E-state index contributed by atoms with van der Waals surface area (Å²) in [7, 11) is 0. The second-order valence-electron chi connectivity index (χ2n) is 6.44. The molecule has 4 nitrogen and oxygen atoms in total. The second kappa shape index (κ2) is 7.75. The summed E-state index contributed by atoms with van der Waals surface area (Å²) in [5.41, 5.74) is 2.33. The molecule has 0 spiro atoms. The van der Waals surface area contributed by atoms with Crippen LogP contribution in [0.3, 0.4) is 0 Å². The van der Waals surface area contributed by atoms with Crippen molar-refractivity contribution in [3.63, 3.8) is 0 Å². The zero-order chi connectivity index (χ0) is 18.0. The predicted octanol–water partition coefficient (Wildman–Crippen LogP) is 1.40. The van der Waals surface area contributed by atoms with Crippen LogP contribution in [-0.2, 0) is 30.5 Å². The third kappa shape index (κ3) is 3.66. The molecule has 0 radical (unpaired) electrons. The summed E-state index contributed by atoms with van der Waals surface area (Å²) in [6, 6.07) is 17.0. The number of rotatable bonds is 5. The second-order valence-corrected chi connectivity index (χ2v) is 12.6. The van der Waals surface area contributed by atoms with E-state index in [1.54, 1.807) is 0 Å². The summed E-state index contributed by atoms with van der Waals surface area (Å²) >= 11 is 0.625. The van der Waals surface area contributed by atoms with Gasteiger partial charge in [0.25, 0.3) is 0 Å². The number of ether oxygens (including phenoxy) is 4. The molecule has 2 heterocycles. The van der Waals surface area contributed by atoms with E-state index in [1.165, 1.54) is 8.92 Å². The molecule has 2 fully saturated rings. The van der Waals surface area contributed by atoms with Gasteiger partial charge in [0.15, 0.2) is 0 Å². The van der Waals surface area contributed by atoms with Gasteiger partial charge < -0.3 is 0 Å². The number of hydrogen-bond acceptors (Lipinski definition) is 4. The van der Waals surface area contributed by atoms with Crippen molar-refractivity contribution in [3.05, 3.63) is 59.7 Å². The van der Waals surface area contributed by atoms with Gasteiger partial charge in [0.1, 0.15) is 0 Å². The molecule has 0 aliphatic carbocycles. The van der Waals surface area contributed by atoms with Gasteiger partial charge in [0, 0.05) is 0 Å². The Balaban J connectivity index is 1.58. The zero-order valence-electron chi connectivity index (χ0n) is 14.9. The van der Waals surface area contributed by atoms with Gasteiger partial charge in [-0.15, -0.1) is 0 Å². The Kier molecular flexibility index (Phi) is 5.56. The van der Waals surface area contributed by atoms with E-state index in [0.717, 1.165) is 11.1 Å².